The molecule has 0 saturated heterocycles. The van der Waals surface area contributed by atoms with Crippen LogP contribution in [0.4, 0.5) is 0 Å². The van der Waals surface area contributed by atoms with Gasteiger partial charge < -0.3 is 0 Å². The molecule has 0 heteroatoms. The van der Waals surface area contributed by atoms with Crippen molar-refractivity contribution < 1.29 is 0 Å². The van der Waals surface area contributed by atoms with Gasteiger partial charge in [-0.2, -0.15) is 0 Å². The first-order chi connectivity index (χ1) is 10.4. The summed E-state index contributed by atoms with van der Waals surface area (Å²) in [4.78, 5) is 0. The van der Waals surface area contributed by atoms with E-state index in [1.807, 2.05) is 0 Å². The van der Waals surface area contributed by atoms with Gasteiger partial charge in [-0.05, 0) is 36.5 Å². The Hall–Kier alpha value is 0. The van der Waals surface area contributed by atoms with E-state index in [9.17, 15) is 0 Å². The van der Waals surface area contributed by atoms with Crippen LogP contribution in [0.2, 0.25) is 0 Å². The molecule has 3 rings (SSSR count). The molecule has 0 unspecified atom stereocenters. The lowest BCUT2D eigenvalue weighted by Gasteiger charge is -2.37. The molecule has 3 saturated carbocycles. The summed E-state index contributed by atoms with van der Waals surface area (Å²) in [6, 6.07) is 0. The van der Waals surface area contributed by atoms with Crippen molar-refractivity contribution in [1.82, 2.24) is 0 Å². The van der Waals surface area contributed by atoms with Gasteiger partial charge in [0.1, 0.15) is 0 Å². The Bertz CT molecular complexity index is 244. The molecule has 0 aliphatic heterocycles. The Morgan fingerprint density at radius 1 is 0.476 bits per heavy atom. The second-order valence-electron chi connectivity index (χ2n) is 8.64. The summed E-state index contributed by atoms with van der Waals surface area (Å²) in [5.74, 6) is 4.43. The zero-order valence-electron chi connectivity index (χ0n) is 14.3. The van der Waals surface area contributed by atoms with Crippen LogP contribution in [0.25, 0.3) is 0 Å². The fraction of sp³-hybridized carbons (Fsp3) is 1.00. The highest BCUT2D eigenvalue weighted by molar-refractivity contribution is 4.81. The molecule has 3 aliphatic rings. The lowest BCUT2D eigenvalue weighted by atomic mass is 9.69. The summed E-state index contributed by atoms with van der Waals surface area (Å²) in [5.41, 5.74) is 0. The molecule has 0 amide bonds. The molecule has 0 aromatic carbocycles. The molecule has 21 heavy (non-hydrogen) atoms. The van der Waals surface area contributed by atoms with Gasteiger partial charge in [0.2, 0.25) is 0 Å². The van der Waals surface area contributed by atoms with Crippen LogP contribution in [-0.4, -0.2) is 0 Å². The SMILES string of the molecule is C1CCC(CC(CC2CCCCC2)C2CCCCC2)CC1. The normalized spacial score (nSPS) is 27.3. The van der Waals surface area contributed by atoms with Crippen molar-refractivity contribution in [3.63, 3.8) is 0 Å². The lowest BCUT2D eigenvalue weighted by Crippen LogP contribution is -2.25. The minimum absolute atomic E-state index is 1.11. The summed E-state index contributed by atoms with van der Waals surface area (Å²) in [6.45, 7) is 0. The van der Waals surface area contributed by atoms with Crippen molar-refractivity contribution in [3.8, 4) is 0 Å². The lowest BCUT2D eigenvalue weighted by molar-refractivity contribution is 0.149. The van der Waals surface area contributed by atoms with Crippen molar-refractivity contribution in [2.75, 3.05) is 0 Å². The predicted octanol–water partition coefficient (Wildman–Crippen LogP) is 7.12. The van der Waals surface area contributed by atoms with Gasteiger partial charge in [-0.25, -0.2) is 0 Å². The van der Waals surface area contributed by atoms with E-state index in [4.69, 9.17) is 0 Å². The standard InChI is InChI=1S/C21H38/c1-4-10-18(11-5-1)16-21(20-14-8-3-9-15-20)17-19-12-6-2-7-13-19/h18-21H,1-17H2. The molecule has 0 atom stereocenters. The molecule has 0 bridgehead atoms. The smallest absolute Gasteiger partial charge is 0.0381 e. The topological polar surface area (TPSA) is 0 Å². The van der Waals surface area contributed by atoms with Gasteiger partial charge in [0.25, 0.3) is 0 Å². The van der Waals surface area contributed by atoms with Gasteiger partial charge in [0, 0.05) is 0 Å². The van der Waals surface area contributed by atoms with E-state index in [1.54, 1.807) is 51.4 Å². The minimum Gasteiger partial charge on any atom is -0.0533 e. The highest BCUT2D eigenvalue weighted by Crippen LogP contribution is 2.42. The van der Waals surface area contributed by atoms with E-state index in [2.05, 4.69) is 0 Å². The Kier molecular flexibility index (Phi) is 6.49. The fourth-order valence-electron chi connectivity index (χ4n) is 5.79. The zero-order chi connectivity index (χ0) is 14.3. The van der Waals surface area contributed by atoms with Crippen molar-refractivity contribution in [2.24, 2.45) is 23.7 Å². The highest BCUT2D eigenvalue weighted by atomic mass is 14.3. The van der Waals surface area contributed by atoms with Crippen LogP contribution in [0.5, 0.6) is 0 Å². The maximum absolute atomic E-state index is 1.61. The Morgan fingerprint density at radius 2 is 0.857 bits per heavy atom. The quantitative estimate of drug-likeness (QED) is 0.505. The summed E-state index contributed by atoms with van der Waals surface area (Å²) >= 11 is 0. The second kappa shape index (κ2) is 8.59. The van der Waals surface area contributed by atoms with E-state index >= 15 is 0 Å². The Labute approximate surface area is 133 Å². The molecule has 122 valence electrons. The third kappa shape index (κ3) is 5.00. The third-order valence-electron chi connectivity index (χ3n) is 7.04. The molecule has 0 radical (unpaired) electrons. The van der Waals surface area contributed by atoms with Gasteiger partial charge in [0.05, 0.1) is 0 Å². The van der Waals surface area contributed by atoms with Crippen molar-refractivity contribution in [1.29, 1.82) is 0 Å². The van der Waals surface area contributed by atoms with Crippen molar-refractivity contribution in [3.05, 3.63) is 0 Å². The van der Waals surface area contributed by atoms with Crippen LogP contribution in [0.1, 0.15) is 109 Å². The minimum atomic E-state index is 1.11. The van der Waals surface area contributed by atoms with Gasteiger partial charge in [0.15, 0.2) is 0 Å². The van der Waals surface area contributed by atoms with E-state index in [0.29, 0.717) is 0 Å². The molecule has 0 spiro atoms. The second-order valence-corrected chi connectivity index (χ2v) is 8.64. The van der Waals surface area contributed by atoms with Crippen LogP contribution in [0, 0.1) is 23.7 Å². The molecule has 3 fully saturated rings. The molecule has 0 N–H and O–H groups in total. The van der Waals surface area contributed by atoms with Crippen molar-refractivity contribution in [2.45, 2.75) is 109 Å². The molecule has 0 nitrogen and oxygen atoms in total. The fourth-order valence-corrected chi connectivity index (χ4v) is 5.79. The predicted molar refractivity (Wildman–Crippen MR) is 92.4 cm³/mol. The molecule has 0 heterocycles. The first-order valence-electron chi connectivity index (χ1n) is 10.4. The molecular weight excluding hydrogens is 252 g/mol. The number of hydrogen-bond acceptors (Lipinski definition) is 0. The number of rotatable bonds is 5. The summed E-state index contributed by atoms with van der Waals surface area (Å²) in [5, 5.41) is 0. The van der Waals surface area contributed by atoms with Crippen LogP contribution in [-0.2, 0) is 0 Å². The monoisotopic (exact) mass is 290 g/mol. The highest BCUT2D eigenvalue weighted by Gasteiger charge is 2.29. The largest absolute Gasteiger partial charge is 0.0533 e. The Morgan fingerprint density at radius 3 is 1.29 bits per heavy atom. The van der Waals surface area contributed by atoms with Crippen LogP contribution < -0.4 is 0 Å². The first-order valence-corrected chi connectivity index (χ1v) is 10.4. The maximum atomic E-state index is 1.61. The molecular formula is C21H38. The first kappa shape index (κ1) is 15.9. The van der Waals surface area contributed by atoms with Gasteiger partial charge in [-0.15, -0.1) is 0 Å². The van der Waals surface area contributed by atoms with Gasteiger partial charge >= 0.3 is 0 Å². The summed E-state index contributed by atoms with van der Waals surface area (Å²) < 4.78 is 0. The van der Waals surface area contributed by atoms with Crippen molar-refractivity contribution >= 4 is 0 Å². The third-order valence-corrected chi connectivity index (χ3v) is 7.04. The van der Waals surface area contributed by atoms with E-state index < -0.39 is 0 Å². The molecule has 3 aliphatic carbocycles. The van der Waals surface area contributed by atoms with Crippen LogP contribution >= 0.6 is 0 Å². The van der Waals surface area contributed by atoms with Crippen LogP contribution in [0.3, 0.4) is 0 Å². The van der Waals surface area contributed by atoms with Gasteiger partial charge in [-0.1, -0.05) is 96.3 Å². The Balaban J connectivity index is 1.55. The summed E-state index contributed by atoms with van der Waals surface area (Å²) in [7, 11) is 0. The van der Waals surface area contributed by atoms with Gasteiger partial charge in [-0.3, -0.25) is 0 Å². The van der Waals surface area contributed by atoms with E-state index in [-0.39, 0.29) is 0 Å². The average molecular weight is 291 g/mol. The van der Waals surface area contributed by atoms with E-state index in [0.717, 1.165) is 23.7 Å². The zero-order valence-corrected chi connectivity index (χ0v) is 14.3. The maximum Gasteiger partial charge on any atom is -0.0381 e. The molecule has 0 aromatic rings. The van der Waals surface area contributed by atoms with Crippen LogP contribution in [0.15, 0.2) is 0 Å². The van der Waals surface area contributed by atoms with E-state index in [1.165, 1.54) is 57.8 Å². The number of hydrogen-bond donors (Lipinski definition) is 0. The average Bonchev–Trinajstić information content (AvgIpc) is 2.57. The molecule has 0 aromatic heterocycles. The summed E-state index contributed by atoms with van der Waals surface area (Å²) in [6.07, 6.45) is 26.4.